The van der Waals surface area contributed by atoms with Crippen LogP contribution in [0.1, 0.15) is 56.4 Å². The number of aromatic nitrogens is 2. The van der Waals surface area contributed by atoms with Gasteiger partial charge in [-0.25, -0.2) is 9.97 Å². The van der Waals surface area contributed by atoms with Gasteiger partial charge in [0.15, 0.2) is 0 Å². The van der Waals surface area contributed by atoms with Crippen molar-refractivity contribution in [3.05, 3.63) is 22.8 Å². The van der Waals surface area contributed by atoms with Crippen molar-refractivity contribution in [3.8, 4) is 0 Å². The Morgan fingerprint density at radius 2 is 1.67 bits per heavy atom. The number of hydrogen-bond acceptors (Lipinski definition) is 4. The van der Waals surface area contributed by atoms with Gasteiger partial charge < -0.3 is 10.1 Å². The van der Waals surface area contributed by atoms with Crippen LogP contribution in [0.15, 0.2) is 0 Å². The van der Waals surface area contributed by atoms with Crippen molar-refractivity contribution < 1.29 is 4.74 Å². The molecule has 0 saturated heterocycles. The smallest absolute Gasteiger partial charge is 0.131 e. The second-order valence-electron chi connectivity index (χ2n) is 6.12. The minimum atomic E-state index is 0.435. The molecule has 1 unspecified atom stereocenters. The van der Waals surface area contributed by atoms with Gasteiger partial charge in [0, 0.05) is 31.0 Å². The molecule has 0 spiro atoms. The van der Waals surface area contributed by atoms with E-state index in [1.807, 2.05) is 6.92 Å². The van der Waals surface area contributed by atoms with Crippen LogP contribution in [0.2, 0.25) is 0 Å². The normalized spacial score (nSPS) is 12.9. The summed E-state index contributed by atoms with van der Waals surface area (Å²) < 4.78 is 5.38. The first-order valence-corrected chi connectivity index (χ1v) is 8.08. The number of nitrogens with one attached hydrogen (secondary N) is 1. The lowest BCUT2D eigenvalue weighted by Gasteiger charge is -2.18. The highest BCUT2D eigenvalue weighted by Crippen LogP contribution is 2.21. The lowest BCUT2D eigenvalue weighted by Crippen LogP contribution is -2.25. The molecule has 0 amide bonds. The third kappa shape index (κ3) is 6.10. The van der Waals surface area contributed by atoms with E-state index in [-0.39, 0.29) is 0 Å². The molecule has 21 heavy (non-hydrogen) atoms. The van der Waals surface area contributed by atoms with Crippen LogP contribution < -0.4 is 5.32 Å². The second-order valence-corrected chi connectivity index (χ2v) is 6.12. The minimum Gasteiger partial charge on any atom is -0.381 e. The molecule has 0 aliphatic heterocycles. The van der Waals surface area contributed by atoms with Crippen molar-refractivity contribution in [3.63, 3.8) is 0 Å². The van der Waals surface area contributed by atoms with Crippen LogP contribution in [-0.4, -0.2) is 36.3 Å². The van der Waals surface area contributed by atoms with Gasteiger partial charge in [-0.05, 0) is 44.7 Å². The van der Waals surface area contributed by atoms with E-state index in [0.717, 1.165) is 43.3 Å². The first kappa shape index (κ1) is 18.1. The van der Waals surface area contributed by atoms with Crippen LogP contribution in [0.3, 0.4) is 0 Å². The Hall–Kier alpha value is -1.00. The van der Waals surface area contributed by atoms with Gasteiger partial charge in [0.05, 0.1) is 6.61 Å². The van der Waals surface area contributed by atoms with Crippen molar-refractivity contribution >= 4 is 0 Å². The van der Waals surface area contributed by atoms with E-state index >= 15 is 0 Å². The predicted molar refractivity (Wildman–Crippen MR) is 87.8 cm³/mol. The van der Waals surface area contributed by atoms with Crippen molar-refractivity contribution in [1.82, 2.24) is 15.3 Å². The topological polar surface area (TPSA) is 47.0 Å². The summed E-state index contributed by atoms with van der Waals surface area (Å²) in [4.78, 5) is 9.30. The van der Waals surface area contributed by atoms with Crippen LogP contribution in [0.4, 0.5) is 0 Å². The molecule has 0 saturated carbocycles. The third-order valence-corrected chi connectivity index (χ3v) is 3.54. The Morgan fingerprint density at radius 3 is 2.19 bits per heavy atom. The van der Waals surface area contributed by atoms with E-state index in [0.29, 0.717) is 18.4 Å². The lowest BCUT2D eigenvalue weighted by atomic mass is 9.97. The molecule has 120 valence electrons. The molecule has 0 bridgehead atoms. The standard InChI is InChI=1S/C17H31N3O/c1-7-21-9-8-16-19-14(5)17(15(6)20-16)13(4)11-18-10-12(2)3/h12-13,18H,7-11H2,1-6H3. The number of nitrogens with zero attached hydrogens (tertiary/aromatic N) is 2. The van der Waals surface area contributed by atoms with Gasteiger partial charge >= 0.3 is 0 Å². The van der Waals surface area contributed by atoms with Gasteiger partial charge in [-0.1, -0.05) is 20.8 Å². The summed E-state index contributed by atoms with van der Waals surface area (Å²) in [5, 5.41) is 3.52. The summed E-state index contributed by atoms with van der Waals surface area (Å²) in [5.41, 5.74) is 3.49. The Balaban J connectivity index is 2.69. The molecule has 1 heterocycles. The summed E-state index contributed by atoms with van der Waals surface area (Å²) in [6.45, 7) is 16.3. The maximum absolute atomic E-state index is 5.38. The highest BCUT2D eigenvalue weighted by molar-refractivity contribution is 5.28. The molecule has 0 aliphatic carbocycles. The fourth-order valence-electron chi connectivity index (χ4n) is 2.62. The average molecular weight is 293 g/mol. The quantitative estimate of drug-likeness (QED) is 0.711. The van der Waals surface area contributed by atoms with Crippen molar-refractivity contribution in [2.75, 3.05) is 26.3 Å². The molecular weight excluding hydrogens is 262 g/mol. The fraction of sp³-hybridized carbons (Fsp3) is 0.765. The zero-order chi connectivity index (χ0) is 15.8. The zero-order valence-corrected chi connectivity index (χ0v) is 14.5. The van der Waals surface area contributed by atoms with Gasteiger partial charge in [-0.3, -0.25) is 0 Å². The monoisotopic (exact) mass is 293 g/mol. The van der Waals surface area contributed by atoms with Crippen LogP contribution in [0.5, 0.6) is 0 Å². The summed E-state index contributed by atoms with van der Waals surface area (Å²) in [6, 6.07) is 0. The SMILES string of the molecule is CCOCCc1nc(C)c(C(C)CNCC(C)C)c(C)n1. The molecule has 1 aromatic rings. The second kappa shape index (κ2) is 9.11. The number of ether oxygens (including phenoxy) is 1. The summed E-state index contributed by atoms with van der Waals surface area (Å²) in [5.74, 6) is 2.01. The van der Waals surface area contributed by atoms with Gasteiger partial charge in [0.1, 0.15) is 5.82 Å². The first-order valence-electron chi connectivity index (χ1n) is 8.08. The summed E-state index contributed by atoms with van der Waals surface area (Å²) in [6.07, 6.45) is 0.787. The maximum atomic E-state index is 5.38. The first-order chi connectivity index (χ1) is 9.95. The van der Waals surface area contributed by atoms with E-state index in [1.165, 1.54) is 5.56 Å². The van der Waals surface area contributed by atoms with Gasteiger partial charge in [0.2, 0.25) is 0 Å². The van der Waals surface area contributed by atoms with Crippen molar-refractivity contribution in [2.45, 2.75) is 53.9 Å². The molecule has 0 radical (unpaired) electrons. The fourth-order valence-corrected chi connectivity index (χ4v) is 2.62. The Labute approximate surface area is 129 Å². The van der Waals surface area contributed by atoms with Gasteiger partial charge in [-0.2, -0.15) is 0 Å². The van der Waals surface area contributed by atoms with E-state index in [4.69, 9.17) is 4.74 Å². The molecule has 0 fully saturated rings. The largest absolute Gasteiger partial charge is 0.381 e. The summed E-state index contributed by atoms with van der Waals surface area (Å²) >= 11 is 0. The minimum absolute atomic E-state index is 0.435. The molecule has 1 atom stereocenters. The molecule has 1 aromatic heterocycles. The number of aryl methyl sites for hydroxylation is 2. The molecular formula is C17H31N3O. The number of hydrogen-bond donors (Lipinski definition) is 1. The van der Waals surface area contributed by atoms with Crippen LogP contribution in [0, 0.1) is 19.8 Å². The lowest BCUT2D eigenvalue weighted by molar-refractivity contribution is 0.149. The molecule has 0 aliphatic rings. The molecule has 0 aromatic carbocycles. The predicted octanol–water partition coefficient (Wildman–Crippen LogP) is 3.02. The zero-order valence-electron chi connectivity index (χ0n) is 14.5. The summed E-state index contributed by atoms with van der Waals surface area (Å²) in [7, 11) is 0. The third-order valence-electron chi connectivity index (χ3n) is 3.54. The molecule has 1 N–H and O–H groups in total. The van der Waals surface area contributed by atoms with Crippen molar-refractivity contribution in [2.24, 2.45) is 5.92 Å². The van der Waals surface area contributed by atoms with Gasteiger partial charge in [0.25, 0.3) is 0 Å². The molecule has 4 heteroatoms. The Bertz CT molecular complexity index is 409. The van der Waals surface area contributed by atoms with Crippen molar-refractivity contribution in [1.29, 1.82) is 0 Å². The van der Waals surface area contributed by atoms with Crippen LogP contribution in [-0.2, 0) is 11.2 Å². The van der Waals surface area contributed by atoms with E-state index in [9.17, 15) is 0 Å². The molecule has 1 rings (SSSR count). The van der Waals surface area contributed by atoms with E-state index in [1.54, 1.807) is 0 Å². The number of rotatable bonds is 9. The van der Waals surface area contributed by atoms with Crippen LogP contribution in [0.25, 0.3) is 0 Å². The van der Waals surface area contributed by atoms with E-state index < -0.39 is 0 Å². The van der Waals surface area contributed by atoms with Gasteiger partial charge in [-0.15, -0.1) is 0 Å². The van der Waals surface area contributed by atoms with E-state index in [2.05, 4.69) is 49.9 Å². The highest BCUT2D eigenvalue weighted by atomic mass is 16.5. The van der Waals surface area contributed by atoms with Crippen LogP contribution >= 0.6 is 0 Å². The maximum Gasteiger partial charge on any atom is 0.131 e. The highest BCUT2D eigenvalue weighted by Gasteiger charge is 2.15. The Kier molecular flexibility index (Phi) is 7.83. The average Bonchev–Trinajstić information content (AvgIpc) is 2.37. The Morgan fingerprint density at radius 1 is 1.05 bits per heavy atom. The molecule has 4 nitrogen and oxygen atoms in total.